The zero-order valence-corrected chi connectivity index (χ0v) is 14.5. The Morgan fingerprint density at radius 1 is 1.05 bits per heavy atom. The fourth-order valence-corrected chi connectivity index (χ4v) is 3.06. The van der Waals surface area contributed by atoms with E-state index in [0.717, 1.165) is 34.1 Å². The SMILES string of the molecule is CCCCCCCCC(=O)Nc1c(C)cc(Br)cc1C. The van der Waals surface area contributed by atoms with Gasteiger partial charge in [-0.15, -0.1) is 0 Å². The summed E-state index contributed by atoms with van der Waals surface area (Å²) in [5.41, 5.74) is 3.17. The zero-order chi connectivity index (χ0) is 15.0. The highest BCUT2D eigenvalue weighted by Crippen LogP contribution is 2.25. The number of anilines is 1. The number of aryl methyl sites for hydroxylation is 2. The van der Waals surface area contributed by atoms with Gasteiger partial charge in [-0.25, -0.2) is 0 Å². The molecule has 0 unspecified atom stereocenters. The van der Waals surface area contributed by atoms with Crippen LogP contribution in [0.2, 0.25) is 0 Å². The van der Waals surface area contributed by atoms with Crippen LogP contribution in [-0.4, -0.2) is 5.91 Å². The second-order valence-electron chi connectivity index (χ2n) is 5.48. The summed E-state index contributed by atoms with van der Waals surface area (Å²) in [7, 11) is 0. The fourth-order valence-electron chi connectivity index (χ4n) is 2.38. The molecule has 0 aromatic heterocycles. The van der Waals surface area contributed by atoms with E-state index in [1.807, 2.05) is 26.0 Å². The van der Waals surface area contributed by atoms with Crippen molar-refractivity contribution in [3.05, 3.63) is 27.7 Å². The van der Waals surface area contributed by atoms with Crippen LogP contribution in [-0.2, 0) is 4.79 Å². The summed E-state index contributed by atoms with van der Waals surface area (Å²) in [5.74, 6) is 0.133. The van der Waals surface area contributed by atoms with Crippen LogP contribution in [0.4, 0.5) is 5.69 Å². The molecule has 1 amide bonds. The lowest BCUT2D eigenvalue weighted by atomic mass is 10.1. The van der Waals surface area contributed by atoms with E-state index in [4.69, 9.17) is 0 Å². The molecule has 1 aromatic rings. The van der Waals surface area contributed by atoms with E-state index in [-0.39, 0.29) is 5.91 Å². The number of rotatable bonds is 8. The molecule has 0 saturated carbocycles. The van der Waals surface area contributed by atoms with E-state index in [0.29, 0.717) is 6.42 Å². The molecule has 0 aliphatic heterocycles. The maximum absolute atomic E-state index is 12.0. The van der Waals surface area contributed by atoms with E-state index in [2.05, 4.69) is 28.2 Å². The quantitative estimate of drug-likeness (QED) is 0.599. The first-order valence-electron chi connectivity index (χ1n) is 7.61. The number of nitrogens with one attached hydrogen (secondary N) is 1. The first kappa shape index (κ1) is 17.2. The smallest absolute Gasteiger partial charge is 0.224 e. The highest BCUT2D eigenvalue weighted by Gasteiger charge is 2.08. The third-order valence-corrected chi connectivity index (χ3v) is 3.98. The molecule has 112 valence electrons. The van der Waals surface area contributed by atoms with Crippen LogP contribution < -0.4 is 5.32 Å². The lowest BCUT2D eigenvalue weighted by molar-refractivity contribution is -0.116. The van der Waals surface area contributed by atoms with Gasteiger partial charge in [-0.3, -0.25) is 4.79 Å². The Labute approximate surface area is 131 Å². The Morgan fingerprint density at radius 3 is 2.20 bits per heavy atom. The monoisotopic (exact) mass is 339 g/mol. The third kappa shape index (κ3) is 6.08. The molecule has 20 heavy (non-hydrogen) atoms. The Hall–Kier alpha value is -0.830. The molecule has 3 heteroatoms. The van der Waals surface area contributed by atoms with Gasteiger partial charge in [-0.05, 0) is 43.5 Å². The van der Waals surface area contributed by atoms with Gasteiger partial charge in [0.15, 0.2) is 0 Å². The van der Waals surface area contributed by atoms with Crippen LogP contribution in [0.15, 0.2) is 16.6 Å². The maximum atomic E-state index is 12.0. The number of carbonyl (C=O) groups excluding carboxylic acids is 1. The van der Waals surface area contributed by atoms with Crippen molar-refractivity contribution >= 4 is 27.5 Å². The van der Waals surface area contributed by atoms with Crippen molar-refractivity contribution in [2.75, 3.05) is 5.32 Å². The predicted molar refractivity (Wildman–Crippen MR) is 90.2 cm³/mol. The number of benzene rings is 1. The van der Waals surface area contributed by atoms with Crippen LogP contribution >= 0.6 is 15.9 Å². The van der Waals surface area contributed by atoms with Gasteiger partial charge in [-0.2, -0.15) is 0 Å². The van der Waals surface area contributed by atoms with Crippen molar-refractivity contribution in [1.29, 1.82) is 0 Å². The first-order valence-corrected chi connectivity index (χ1v) is 8.40. The van der Waals surface area contributed by atoms with E-state index < -0.39 is 0 Å². The van der Waals surface area contributed by atoms with Crippen molar-refractivity contribution in [2.45, 2.75) is 65.7 Å². The number of unbranched alkanes of at least 4 members (excludes halogenated alkanes) is 5. The van der Waals surface area contributed by atoms with Crippen LogP contribution in [0, 0.1) is 13.8 Å². The molecule has 1 rings (SSSR count). The molecular formula is C17H26BrNO. The van der Waals surface area contributed by atoms with Gasteiger partial charge in [0.05, 0.1) is 0 Å². The minimum absolute atomic E-state index is 0.133. The van der Waals surface area contributed by atoms with E-state index in [9.17, 15) is 4.79 Å². The summed E-state index contributed by atoms with van der Waals surface area (Å²) in [6.07, 6.45) is 7.89. The zero-order valence-electron chi connectivity index (χ0n) is 12.9. The number of hydrogen-bond donors (Lipinski definition) is 1. The number of hydrogen-bond acceptors (Lipinski definition) is 1. The predicted octanol–water partition coefficient (Wildman–Crippen LogP) is 5.76. The lowest BCUT2D eigenvalue weighted by Gasteiger charge is -2.12. The summed E-state index contributed by atoms with van der Waals surface area (Å²) in [6, 6.07) is 4.07. The summed E-state index contributed by atoms with van der Waals surface area (Å²) >= 11 is 3.47. The average Bonchev–Trinajstić information content (AvgIpc) is 2.38. The van der Waals surface area contributed by atoms with Gasteiger partial charge in [0.2, 0.25) is 5.91 Å². The molecule has 0 heterocycles. The second kappa shape index (κ2) is 9.17. The average molecular weight is 340 g/mol. The largest absolute Gasteiger partial charge is 0.326 e. The topological polar surface area (TPSA) is 29.1 Å². The molecule has 0 fully saturated rings. The number of amides is 1. The van der Waals surface area contributed by atoms with Gasteiger partial charge in [-0.1, -0.05) is 55.0 Å². The normalized spacial score (nSPS) is 10.6. The molecule has 2 nitrogen and oxygen atoms in total. The summed E-state index contributed by atoms with van der Waals surface area (Å²) in [6.45, 7) is 6.27. The van der Waals surface area contributed by atoms with Crippen molar-refractivity contribution < 1.29 is 4.79 Å². The highest BCUT2D eigenvalue weighted by atomic mass is 79.9. The van der Waals surface area contributed by atoms with Crippen LogP contribution in [0.3, 0.4) is 0 Å². The summed E-state index contributed by atoms with van der Waals surface area (Å²) in [5, 5.41) is 3.05. The van der Waals surface area contributed by atoms with Crippen molar-refractivity contribution in [2.24, 2.45) is 0 Å². The second-order valence-corrected chi connectivity index (χ2v) is 6.40. The van der Waals surface area contributed by atoms with Gasteiger partial charge in [0, 0.05) is 16.6 Å². The van der Waals surface area contributed by atoms with E-state index >= 15 is 0 Å². The van der Waals surface area contributed by atoms with Crippen molar-refractivity contribution in [3.63, 3.8) is 0 Å². The maximum Gasteiger partial charge on any atom is 0.224 e. The molecule has 0 aliphatic rings. The molecular weight excluding hydrogens is 314 g/mol. The molecule has 0 radical (unpaired) electrons. The molecule has 0 spiro atoms. The van der Waals surface area contributed by atoms with Crippen molar-refractivity contribution in [1.82, 2.24) is 0 Å². The third-order valence-electron chi connectivity index (χ3n) is 3.52. The Balaban J connectivity index is 2.36. The van der Waals surface area contributed by atoms with Gasteiger partial charge in [0.1, 0.15) is 0 Å². The minimum atomic E-state index is 0.133. The number of carbonyl (C=O) groups is 1. The summed E-state index contributed by atoms with van der Waals surface area (Å²) in [4.78, 5) is 12.0. The molecule has 0 aliphatic carbocycles. The van der Waals surface area contributed by atoms with Crippen molar-refractivity contribution in [3.8, 4) is 0 Å². The van der Waals surface area contributed by atoms with Gasteiger partial charge >= 0.3 is 0 Å². The molecule has 1 N–H and O–H groups in total. The first-order chi connectivity index (χ1) is 9.54. The highest BCUT2D eigenvalue weighted by molar-refractivity contribution is 9.10. The Morgan fingerprint density at radius 2 is 1.60 bits per heavy atom. The van der Waals surface area contributed by atoms with Crippen LogP contribution in [0.1, 0.15) is 63.0 Å². The van der Waals surface area contributed by atoms with E-state index in [1.165, 1.54) is 25.7 Å². The molecule has 0 bridgehead atoms. The van der Waals surface area contributed by atoms with E-state index in [1.54, 1.807) is 0 Å². The molecule has 0 saturated heterocycles. The van der Waals surface area contributed by atoms with Gasteiger partial charge < -0.3 is 5.32 Å². The standard InChI is InChI=1S/C17H26BrNO/c1-4-5-6-7-8-9-10-16(20)19-17-13(2)11-15(18)12-14(17)3/h11-12H,4-10H2,1-3H3,(H,19,20). The minimum Gasteiger partial charge on any atom is -0.326 e. The lowest BCUT2D eigenvalue weighted by Crippen LogP contribution is -2.13. The fraction of sp³-hybridized carbons (Fsp3) is 0.588. The van der Waals surface area contributed by atoms with Gasteiger partial charge in [0.25, 0.3) is 0 Å². The number of halogens is 1. The summed E-state index contributed by atoms with van der Waals surface area (Å²) < 4.78 is 1.06. The Bertz CT molecular complexity index is 420. The van der Waals surface area contributed by atoms with Crippen LogP contribution in [0.25, 0.3) is 0 Å². The Kier molecular flexibility index (Phi) is 7.90. The molecule has 0 atom stereocenters. The van der Waals surface area contributed by atoms with Crippen LogP contribution in [0.5, 0.6) is 0 Å². The molecule has 1 aromatic carbocycles.